The third-order valence-corrected chi connectivity index (χ3v) is 2.18. The van der Waals surface area contributed by atoms with Crippen LogP contribution in [0, 0.1) is 0 Å². The first kappa shape index (κ1) is 10.6. The van der Waals surface area contributed by atoms with Crippen LogP contribution in [0.1, 0.15) is 6.92 Å². The molecule has 0 spiro atoms. The van der Waals surface area contributed by atoms with Crippen molar-refractivity contribution in [1.82, 2.24) is 5.09 Å². The molecule has 0 aliphatic heterocycles. The number of rotatable bonds is 4. The van der Waals surface area contributed by atoms with Crippen molar-refractivity contribution in [2.75, 3.05) is 7.11 Å². The normalized spacial score (nSPS) is 18.8. The molecule has 0 aromatic rings. The van der Waals surface area contributed by atoms with Gasteiger partial charge in [0.25, 0.3) is 0 Å². The Morgan fingerprint density at radius 1 is 1.73 bits per heavy atom. The summed E-state index contributed by atoms with van der Waals surface area (Å²) < 4.78 is 14.8. The molecule has 0 saturated carbocycles. The van der Waals surface area contributed by atoms with E-state index < -0.39 is 19.8 Å². The molecular formula is C4H10NO5P. The van der Waals surface area contributed by atoms with E-state index in [9.17, 15) is 9.36 Å². The summed E-state index contributed by atoms with van der Waals surface area (Å²) in [5, 5.41) is 10.2. The average Bonchev–Trinajstić information content (AvgIpc) is 1.87. The van der Waals surface area contributed by atoms with E-state index in [1.165, 1.54) is 6.92 Å². The lowest BCUT2D eigenvalue weighted by Crippen LogP contribution is -2.31. The Morgan fingerprint density at radius 3 is 2.45 bits per heavy atom. The van der Waals surface area contributed by atoms with E-state index in [0.717, 1.165) is 7.11 Å². The van der Waals surface area contributed by atoms with Gasteiger partial charge in [-0.05, 0) is 6.92 Å². The molecule has 6 nitrogen and oxygen atoms in total. The summed E-state index contributed by atoms with van der Waals surface area (Å²) >= 11 is 0. The van der Waals surface area contributed by atoms with Crippen LogP contribution in [0.15, 0.2) is 0 Å². The zero-order chi connectivity index (χ0) is 9.07. The van der Waals surface area contributed by atoms with Crippen molar-refractivity contribution in [2.45, 2.75) is 13.0 Å². The number of carbonyl (C=O) groups is 1. The van der Waals surface area contributed by atoms with Gasteiger partial charge in [-0.1, -0.05) is 0 Å². The molecule has 3 N–H and O–H groups in total. The lowest BCUT2D eigenvalue weighted by Gasteiger charge is -2.12. The van der Waals surface area contributed by atoms with Crippen LogP contribution in [0.4, 0.5) is 0 Å². The predicted octanol–water partition coefficient (Wildman–Crippen LogP) is -0.204. The smallest absolute Gasteiger partial charge is 0.403 e. The Morgan fingerprint density at radius 2 is 2.18 bits per heavy atom. The quantitative estimate of drug-likeness (QED) is 0.522. The highest BCUT2D eigenvalue weighted by Crippen LogP contribution is 2.35. The molecule has 0 bridgehead atoms. The fourth-order valence-electron chi connectivity index (χ4n) is 0.353. The van der Waals surface area contributed by atoms with Crippen molar-refractivity contribution in [3.05, 3.63) is 0 Å². The van der Waals surface area contributed by atoms with Gasteiger partial charge in [-0.3, -0.25) is 4.79 Å². The highest BCUT2D eigenvalue weighted by molar-refractivity contribution is 7.50. The molecule has 66 valence electrons. The zero-order valence-corrected chi connectivity index (χ0v) is 7.04. The van der Waals surface area contributed by atoms with Crippen molar-refractivity contribution < 1.29 is 23.9 Å². The van der Waals surface area contributed by atoms with Gasteiger partial charge < -0.3 is 14.5 Å². The van der Waals surface area contributed by atoms with Gasteiger partial charge >= 0.3 is 13.7 Å². The first-order valence-corrected chi connectivity index (χ1v) is 4.36. The predicted molar refractivity (Wildman–Crippen MR) is 37.1 cm³/mol. The Hall–Kier alpha value is -0.420. The van der Waals surface area contributed by atoms with Gasteiger partial charge in [-0.25, -0.2) is 9.65 Å². The molecule has 0 amide bonds. The molecule has 1 unspecified atom stereocenters. The maximum absolute atomic E-state index is 10.7. The Kier molecular flexibility index (Phi) is 3.68. The molecule has 0 fully saturated rings. The molecule has 0 aliphatic carbocycles. The van der Waals surface area contributed by atoms with E-state index in [2.05, 4.69) is 4.52 Å². The van der Waals surface area contributed by atoms with E-state index in [-0.39, 0.29) is 0 Å². The summed E-state index contributed by atoms with van der Waals surface area (Å²) in [5.41, 5.74) is 0. The highest BCUT2D eigenvalue weighted by atomic mass is 31.2. The van der Waals surface area contributed by atoms with Crippen molar-refractivity contribution in [1.29, 1.82) is 0 Å². The van der Waals surface area contributed by atoms with Crippen LogP contribution >= 0.6 is 7.75 Å². The molecule has 11 heavy (non-hydrogen) atoms. The van der Waals surface area contributed by atoms with Gasteiger partial charge in [0.2, 0.25) is 0 Å². The number of hydrogen-bond acceptors (Lipinski definition) is 3. The summed E-state index contributed by atoms with van der Waals surface area (Å²) in [4.78, 5) is 18.8. The fourth-order valence-corrected chi connectivity index (χ4v) is 1.06. The first-order chi connectivity index (χ1) is 4.89. The molecule has 0 heterocycles. The molecule has 0 aromatic carbocycles. The van der Waals surface area contributed by atoms with E-state index in [1.54, 1.807) is 0 Å². The topological polar surface area (TPSA) is 95.9 Å². The van der Waals surface area contributed by atoms with Crippen molar-refractivity contribution >= 4 is 13.7 Å². The second kappa shape index (κ2) is 3.82. The van der Waals surface area contributed by atoms with Crippen LogP contribution in [0.5, 0.6) is 0 Å². The fraction of sp³-hybridized carbons (Fsp3) is 0.750. The van der Waals surface area contributed by atoms with Gasteiger partial charge in [0.05, 0.1) is 0 Å². The summed E-state index contributed by atoms with van der Waals surface area (Å²) in [6.07, 6.45) is 0. The Balaban J connectivity index is 4.04. The zero-order valence-electron chi connectivity index (χ0n) is 6.14. The average molecular weight is 183 g/mol. The van der Waals surface area contributed by atoms with E-state index in [1.807, 2.05) is 5.09 Å². The van der Waals surface area contributed by atoms with Gasteiger partial charge in [0.15, 0.2) is 0 Å². The SMILES string of the molecule is COP(=O)(O)N[C@@H](C)C(=O)O. The van der Waals surface area contributed by atoms with Gasteiger partial charge in [-0.15, -0.1) is 0 Å². The van der Waals surface area contributed by atoms with Gasteiger partial charge in [-0.2, -0.15) is 0 Å². The number of aliphatic carboxylic acids is 1. The lowest BCUT2D eigenvalue weighted by molar-refractivity contribution is -0.138. The minimum absolute atomic E-state index is 1.02. The molecule has 0 aliphatic rings. The molecule has 2 atom stereocenters. The first-order valence-electron chi connectivity index (χ1n) is 2.78. The minimum atomic E-state index is -3.91. The van der Waals surface area contributed by atoms with Crippen LogP contribution in [0.25, 0.3) is 0 Å². The highest BCUT2D eigenvalue weighted by Gasteiger charge is 2.23. The summed E-state index contributed by atoms with van der Waals surface area (Å²) in [6.45, 7) is 1.24. The number of hydrogen-bond donors (Lipinski definition) is 3. The van der Waals surface area contributed by atoms with Gasteiger partial charge in [0.1, 0.15) is 6.04 Å². The number of nitrogens with one attached hydrogen (secondary N) is 1. The monoisotopic (exact) mass is 183 g/mol. The minimum Gasteiger partial charge on any atom is -0.480 e. The second-order valence-corrected chi connectivity index (χ2v) is 3.56. The summed E-state index contributed by atoms with van der Waals surface area (Å²) in [7, 11) is -2.90. The van der Waals surface area contributed by atoms with Crippen LogP contribution in [-0.4, -0.2) is 29.1 Å². The molecule has 0 aromatic heterocycles. The Labute approximate surface area is 63.8 Å². The van der Waals surface area contributed by atoms with Crippen LogP contribution < -0.4 is 5.09 Å². The van der Waals surface area contributed by atoms with Crippen molar-refractivity contribution in [3.63, 3.8) is 0 Å². The van der Waals surface area contributed by atoms with E-state index in [0.29, 0.717) is 0 Å². The van der Waals surface area contributed by atoms with Crippen molar-refractivity contribution in [2.24, 2.45) is 0 Å². The standard InChI is InChI=1S/C4H10NO5P/c1-3(4(6)7)5-11(8,9)10-2/h3H,1-2H3,(H,6,7)(H2,5,8,9)/t3-/m0/s1. The largest absolute Gasteiger partial charge is 0.480 e. The van der Waals surface area contributed by atoms with E-state index in [4.69, 9.17) is 10.00 Å². The summed E-state index contributed by atoms with van der Waals surface area (Å²) in [5.74, 6) is -1.21. The summed E-state index contributed by atoms with van der Waals surface area (Å²) in [6, 6.07) is -1.11. The van der Waals surface area contributed by atoms with Crippen molar-refractivity contribution in [3.8, 4) is 0 Å². The second-order valence-electron chi connectivity index (χ2n) is 1.89. The molecule has 0 saturated heterocycles. The maximum Gasteiger partial charge on any atom is 0.403 e. The van der Waals surface area contributed by atoms with E-state index >= 15 is 0 Å². The third-order valence-electron chi connectivity index (χ3n) is 0.975. The molecule has 0 rings (SSSR count). The number of carboxylic acid groups (broad SMARTS) is 1. The third kappa shape index (κ3) is 4.10. The Bertz CT molecular complexity index is 193. The van der Waals surface area contributed by atoms with Gasteiger partial charge in [0, 0.05) is 7.11 Å². The molecule has 7 heteroatoms. The lowest BCUT2D eigenvalue weighted by atomic mass is 10.4. The molecule has 0 radical (unpaired) electrons. The maximum atomic E-state index is 10.7. The molecular weight excluding hydrogens is 173 g/mol. The van der Waals surface area contributed by atoms with Crippen LogP contribution in [0.3, 0.4) is 0 Å². The number of carboxylic acids is 1. The van der Waals surface area contributed by atoms with Crippen LogP contribution in [0.2, 0.25) is 0 Å². The van der Waals surface area contributed by atoms with Crippen LogP contribution in [-0.2, 0) is 13.9 Å².